The second-order valence-electron chi connectivity index (χ2n) is 4.94. The third-order valence-electron chi connectivity index (χ3n) is 3.73. The Hall–Kier alpha value is -1.19. The summed E-state index contributed by atoms with van der Waals surface area (Å²) in [5.74, 6) is 0. The van der Waals surface area contributed by atoms with E-state index in [2.05, 4.69) is 13.0 Å². The van der Waals surface area contributed by atoms with E-state index in [1.54, 1.807) is 0 Å². The standard InChI is InChI=1S/C15H18O2S/c1-8-6-9(2)14-11(4)10(3)12(5)15(18(16)17)13(14)7-8/h6-7H,1-5H3,(H,16,17)/p-1. The lowest BCUT2D eigenvalue weighted by Crippen LogP contribution is -2.01. The first-order chi connectivity index (χ1) is 8.34. The van der Waals surface area contributed by atoms with Crippen LogP contribution in [0.3, 0.4) is 0 Å². The fraction of sp³-hybridized carbons (Fsp3) is 0.333. The first-order valence-corrected chi connectivity index (χ1v) is 7.02. The van der Waals surface area contributed by atoms with Gasteiger partial charge in [0.2, 0.25) is 0 Å². The third kappa shape index (κ3) is 1.88. The first kappa shape index (κ1) is 13.2. The Bertz CT molecular complexity index is 672. The number of aryl methyl sites for hydroxylation is 3. The van der Waals surface area contributed by atoms with Gasteiger partial charge < -0.3 is 4.55 Å². The Balaban J connectivity index is 3.12. The minimum absolute atomic E-state index is 0.444. The van der Waals surface area contributed by atoms with Crippen LogP contribution < -0.4 is 0 Å². The number of hydrogen-bond acceptors (Lipinski definition) is 2. The zero-order valence-electron chi connectivity index (χ0n) is 11.4. The molecular formula is C15H17O2S-. The van der Waals surface area contributed by atoms with Crippen molar-refractivity contribution in [2.24, 2.45) is 0 Å². The molecule has 0 aromatic heterocycles. The summed E-state index contributed by atoms with van der Waals surface area (Å²) in [6.45, 7) is 9.96. The van der Waals surface area contributed by atoms with Crippen LogP contribution in [0.1, 0.15) is 27.8 Å². The maximum Gasteiger partial charge on any atom is 0.0359 e. The number of rotatable bonds is 1. The van der Waals surface area contributed by atoms with Gasteiger partial charge in [0.15, 0.2) is 0 Å². The minimum atomic E-state index is -2.20. The summed E-state index contributed by atoms with van der Waals surface area (Å²) < 4.78 is 23.0. The molecule has 0 aliphatic heterocycles. The molecule has 0 aliphatic rings. The van der Waals surface area contributed by atoms with E-state index in [1.807, 2.05) is 33.8 Å². The molecule has 0 aliphatic carbocycles. The lowest BCUT2D eigenvalue weighted by Gasteiger charge is -2.20. The van der Waals surface area contributed by atoms with E-state index in [0.717, 1.165) is 33.0 Å². The Kier molecular flexibility index (Phi) is 3.30. The topological polar surface area (TPSA) is 40.1 Å². The summed E-state index contributed by atoms with van der Waals surface area (Å²) in [6, 6.07) is 4.06. The van der Waals surface area contributed by atoms with Crippen molar-refractivity contribution in [3.8, 4) is 0 Å². The third-order valence-corrected chi connectivity index (χ3v) is 4.59. The molecule has 96 valence electrons. The van der Waals surface area contributed by atoms with Crippen LogP contribution in [0, 0.1) is 34.6 Å². The van der Waals surface area contributed by atoms with Gasteiger partial charge in [0.05, 0.1) is 0 Å². The SMILES string of the molecule is Cc1cc(C)c2c(C)c(C)c(C)c(S(=O)[O-])c2c1. The van der Waals surface area contributed by atoms with Crippen LogP contribution >= 0.6 is 0 Å². The zero-order chi connectivity index (χ0) is 13.6. The summed E-state index contributed by atoms with van der Waals surface area (Å²) in [7, 11) is 0. The molecule has 18 heavy (non-hydrogen) atoms. The second-order valence-corrected chi connectivity index (χ2v) is 5.82. The lowest BCUT2D eigenvalue weighted by atomic mass is 9.92. The average molecular weight is 261 g/mol. The maximum absolute atomic E-state index is 11.5. The van der Waals surface area contributed by atoms with Crippen molar-refractivity contribution in [3.63, 3.8) is 0 Å². The molecule has 0 bridgehead atoms. The molecule has 2 aromatic rings. The molecule has 2 aromatic carbocycles. The van der Waals surface area contributed by atoms with Crippen LogP contribution in [-0.2, 0) is 11.1 Å². The van der Waals surface area contributed by atoms with Gasteiger partial charge in [-0.1, -0.05) is 17.7 Å². The number of hydrogen-bond donors (Lipinski definition) is 0. The van der Waals surface area contributed by atoms with Gasteiger partial charge in [-0.15, -0.1) is 0 Å². The van der Waals surface area contributed by atoms with Gasteiger partial charge in [-0.3, -0.25) is 4.21 Å². The van der Waals surface area contributed by atoms with Crippen molar-refractivity contribution in [2.75, 3.05) is 0 Å². The van der Waals surface area contributed by atoms with E-state index in [9.17, 15) is 8.76 Å². The highest BCUT2D eigenvalue weighted by atomic mass is 32.2. The average Bonchev–Trinajstić information content (AvgIpc) is 2.24. The van der Waals surface area contributed by atoms with Gasteiger partial charge in [-0.05, 0) is 78.7 Å². The van der Waals surface area contributed by atoms with Crippen LogP contribution in [0.15, 0.2) is 17.0 Å². The van der Waals surface area contributed by atoms with Gasteiger partial charge in [0, 0.05) is 4.90 Å². The molecule has 2 rings (SSSR count). The highest BCUT2D eigenvalue weighted by Crippen LogP contribution is 2.34. The van der Waals surface area contributed by atoms with Crippen molar-refractivity contribution in [2.45, 2.75) is 39.5 Å². The Labute approximate surface area is 110 Å². The molecule has 1 atom stereocenters. The molecule has 2 nitrogen and oxygen atoms in total. The highest BCUT2D eigenvalue weighted by molar-refractivity contribution is 7.79. The normalized spacial score (nSPS) is 13.0. The van der Waals surface area contributed by atoms with Crippen LogP contribution in [0.2, 0.25) is 0 Å². The molecule has 0 amide bonds. The van der Waals surface area contributed by atoms with Crippen LogP contribution in [0.5, 0.6) is 0 Å². The number of benzene rings is 2. The molecular weight excluding hydrogens is 244 g/mol. The number of fused-ring (bicyclic) bond motifs is 1. The molecule has 0 saturated carbocycles. The van der Waals surface area contributed by atoms with Crippen molar-refractivity contribution >= 4 is 21.9 Å². The van der Waals surface area contributed by atoms with Crippen molar-refractivity contribution in [1.29, 1.82) is 0 Å². The summed E-state index contributed by atoms with van der Waals surface area (Å²) in [4.78, 5) is 0.444. The van der Waals surface area contributed by atoms with E-state index < -0.39 is 11.1 Å². The predicted molar refractivity (Wildman–Crippen MR) is 74.8 cm³/mol. The molecule has 0 radical (unpaired) electrons. The molecule has 3 heteroatoms. The minimum Gasteiger partial charge on any atom is -0.768 e. The second kappa shape index (κ2) is 4.48. The van der Waals surface area contributed by atoms with Crippen LogP contribution in [-0.4, -0.2) is 8.76 Å². The largest absolute Gasteiger partial charge is 0.768 e. The Morgan fingerprint density at radius 3 is 2.11 bits per heavy atom. The fourth-order valence-corrected chi connectivity index (χ4v) is 3.44. The lowest BCUT2D eigenvalue weighted by molar-refractivity contribution is 0.537. The zero-order valence-corrected chi connectivity index (χ0v) is 12.2. The van der Waals surface area contributed by atoms with E-state index in [4.69, 9.17) is 0 Å². The Morgan fingerprint density at radius 1 is 0.944 bits per heavy atom. The van der Waals surface area contributed by atoms with Crippen molar-refractivity contribution < 1.29 is 8.76 Å². The van der Waals surface area contributed by atoms with E-state index in [-0.39, 0.29) is 0 Å². The Morgan fingerprint density at radius 2 is 1.56 bits per heavy atom. The van der Waals surface area contributed by atoms with E-state index >= 15 is 0 Å². The smallest absolute Gasteiger partial charge is 0.0359 e. The quantitative estimate of drug-likeness (QED) is 0.736. The summed E-state index contributed by atoms with van der Waals surface area (Å²) >= 11 is -2.20. The monoisotopic (exact) mass is 261 g/mol. The molecule has 0 saturated heterocycles. The first-order valence-electron chi connectivity index (χ1n) is 5.94. The van der Waals surface area contributed by atoms with Gasteiger partial charge >= 0.3 is 0 Å². The maximum atomic E-state index is 11.5. The molecule has 1 unspecified atom stereocenters. The van der Waals surface area contributed by atoms with E-state index in [0.29, 0.717) is 4.90 Å². The molecule has 0 heterocycles. The summed E-state index contributed by atoms with van der Waals surface area (Å²) in [6.07, 6.45) is 0. The van der Waals surface area contributed by atoms with Gasteiger partial charge in [0.1, 0.15) is 0 Å². The molecule has 0 N–H and O–H groups in total. The van der Waals surface area contributed by atoms with Gasteiger partial charge in [0.25, 0.3) is 0 Å². The predicted octanol–water partition coefficient (Wildman–Crippen LogP) is 3.62. The highest BCUT2D eigenvalue weighted by Gasteiger charge is 2.14. The molecule has 0 spiro atoms. The molecule has 0 fully saturated rings. The van der Waals surface area contributed by atoms with Gasteiger partial charge in [-0.25, -0.2) is 0 Å². The van der Waals surface area contributed by atoms with Crippen LogP contribution in [0.4, 0.5) is 0 Å². The van der Waals surface area contributed by atoms with Gasteiger partial charge in [-0.2, -0.15) is 0 Å². The van der Waals surface area contributed by atoms with Crippen molar-refractivity contribution in [1.82, 2.24) is 0 Å². The van der Waals surface area contributed by atoms with E-state index in [1.165, 1.54) is 5.56 Å². The van der Waals surface area contributed by atoms with Crippen LogP contribution in [0.25, 0.3) is 10.8 Å². The summed E-state index contributed by atoms with van der Waals surface area (Å²) in [5, 5.41) is 1.92. The fourth-order valence-electron chi connectivity index (χ4n) is 2.70. The summed E-state index contributed by atoms with van der Waals surface area (Å²) in [5.41, 5.74) is 5.33. The van der Waals surface area contributed by atoms with Crippen molar-refractivity contribution in [3.05, 3.63) is 39.9 Å².